The molecular weight excluding hydrogens is 474 g/mol. The Hall–Kier alpha value is -1.64. The Kier molecular flexibility index (Phi) is 5.65. The lowest BCUT2D eigenvalue weighted by atomic mass is 9.55. The highest BCUT2D eigenvalue weighted by Gasteiger charge is 2.67. The van der Waals surface area contributed by atoms with Gasteiger partial charge in [0.1, 0.15) is 0 Å². The van der Waals surface area contributed by atoms with Crippen LogP contribution in [0.2, 0.25) is 0 Å². The summed E-state index contributed by atoms with van der Waals surface area (Å²) in [6.07, 6.45) is 42.3. The van der Waals surface area contributed by atoms with Gasteiger partial charge in [0.15, 0.2) is 0 Å². The van der Waals surface area contributed by atoms with E-state index in [-0.39, 0.29) is 0 Å². The molecule has 0 bridgehead atoms. The van der Waals surface area contributed by atoms with Gasteiger partial charge in [0, 0.05) is 29.3 Å². The molecule has 2 saturated carbocycles. The van der Waals surface area contributed by atoms with E-state index in [2.05, 4.69) is 66.1 Å². The number of hydrogen-bond donors (Lipinski definition) is 1. The van der Waals surface area contributed by atoms with E-state index in [0.717, 1.165) is 35.5 Å². The second kappa shape index (κ2) is 9.18. The second-order valence-electron chi connectivity index (χ2n) is 14.6. The fourth-order valence-corrected chi connectivity index (χ4v) is 12.3. The van der Waals surface area contributed by atoms with E-state index in [4.69, 9.17) is 4.74 Å². The molecule has 1 N–H and O–H groups in total. The largest absolute Gasteiger partial charge is 0.372 e. The molecule has 1 spiro atoms. The number of allylic oxidation sites excluding steroid dienone is 10. The molecule has 8 aliphatic carbocycles. The number of rotatable bonds is 2. The zero-order chi connectivity index (χ0) is 25.6. The van der Waals surface area contributed by atoms with Crippen LogP contribution in [0.1, 0.15) is 77.0 Å². The van der Waals surface area contributed by atoms with Crippen LogP contribution in [0, 0.1) is 52.8 Å². The molecule has 1 saturated heterocycles. The third-order valence-corrected chi connectivity index (χ3v) is 13.3. The summed E-state index contributed by atoms with van der Waals surface area (Å²) in [5.74, 6) is 6.00. The molecule has 3 fully saturated rings. The maximum Gasteiger partial charge on any atom is 0.0766 e. The summed E-state index contributed by atoms with van der Waals surface area (Å²) in [6.45, 7) is 0. The van der Waals surface area contributed by atoms with Gasteiger partial charge in [-0.1, -0.05) is 72.8 Å². The molecule has 0 aromatic carbocycles. The van der Waals surface area contributed by atoms with Crippen LogP contribution in [0.3, 0.4) is 0 Å². The maximum atomic E-state index is 6.85. The van der Waals surface area contributed by atoms with Crippen molar-refractivity contribution in [3.05, 3.63) is 71.9 Å². The van der Waals surface area contributed by atoms with Crippen LogP contribution in [0.15, 0.2) is 71.9 Å². The van der Waals surface area contributed by atoms with Crippen LogP contribution in [-0.2, 0) is 4.74 Å². The van der Waals surface area contributed by atoms with Gasteiger partial charge in [-0.15, -0.1) is 0 Å². The molecule has 2 nitrogen and oxygen atoms in total. The van der Waals surface area contributed by atoms with Crippen molar-refractivity contribution in [3.8, 4) is 0 Å². The summed E-state index contributed by atoms with van der Waals surface area (Å²) in [7, 11) is 0. The topological polar surface area (TPSA) is 21.3 Å². The Labute approximate surface area is 235 Å². The van der Waals surface area contributed by atoms with E-state index in [0.29, 0.717) is 41.5 Å². The van der Waals surface area contributed by atoms with Crippen molar-refractivity contribution < 1.29 is 4.74 Å². The fourth-order valence-electron chi connectivity index (χ4n) is 12.3. The summed E-state index contributed by atoms with van der Waals surface area (Å²) in [6, 6.07) is 1.02. The fraction of sp³-hybridized carbons (Fsp3) is 0.676. The molecule has 13 unspecified atom stereocenters. The number of ether oxygens (including phenoxy) is 1. The minimum absolute atomic E-state index is 0.416. The van der Waals surface area contributed by atoms with Crippen molar-refractivity contribution in [1.82, 2.24) is 5.32 Å². The van der Waals surface area contributed by atoms with Crippen LogP contribution in [0.5, 0.6) is 0 Å². The normalized spacial score (nSPS) is 52.4. The minimum Gasteiger partial charge on any atom is -0.372 e. The van der Waals surface area contributed by atoms with E-state index < -0.39 is 0 Å². The lowest BCUT2D eigenvalue weighted by Gasteiger charge is -2.49. The zero-order valence-electron chi connectivity index (χ0n) is 23.6. The third-order valence-electron chi connectivity index (χ3n) is 13.3. The van der Waals surface area contributed by atoms with Crippen molar-refractivity contribution in [2.75, 3.05) is 0 Å². The van der Waals surface area contributed by atoms with E-state index in [1.54, 1.807) is 5.57 Å². The highest BCUT2D eigenvalue weighted by Crippen LogP contribution is 2.73. The molecule has 39 heavy (non-hydrogen) atoms. The number of nitrogens with one attached hydrogen (secondary N) is 1. The Balaban J connectivity index is 1.06. The number of hydrogen-bond acceptors (Lipinski definition) is 2. The number of fused-ring (bicyclic) bond motifs is 12. The van der Waals surface area contributed by atoms with Gasteiger partial charge in [-0.25, -0.2) is 0 Å². The summed E-state index contributed by atoms with van der Waals surface area (Å²) >= 11 is 0. The van der Waals surface area contributed by atoms with Crippen molar-refractivity contribution in [2.45, 2.75) is 101 Å². The average molecular weight is 522 g/mol. The van der Waals surface area contributed by atoms with Gasteiger partial charge in [-0.05, 0) is 112 Å². The predicted molar refractivity (Wildman–Crippen MR) is 158 cm³/mol. The smallest absolute Gasteiger partial charge is 0.0766 e. The quantitative estimate of drug-likeness (QED) is 0.373. The van der Waals surface area contributed by atoms with Crippen LogP contribution in [0.25, 0.3) is 0 Å². The van der Waals surface area contributed by atoms with Crippen molar-refractivity contribution in [2.24, 2.45) is 52.8 Å². The first-order chi connectivity index (χ1) is 19.3. The zero-order valence-corrected chi connectivity index (χ0v) is 23.6. The molecule has 0 radical (unpaired) electrons. The van der Waals surface area contributed by atoms with Gasteiger partial charge >= 0.3 is 0 Å². The van der Waals surface area contributed by atoms with Crippen LogP contribution in [-0.4, -0.2) is 24.3 Å². The predicted octanol–water partition coefficient (Wildman–Crippen LogP) is 7.86. The first-order valence-electron chi connectivity index (χ1n) is 16.8. The van der Waals surface area contributed by atoms with Gasteiger partial charge in [0.25, 0.3) is 0 Å². The van der Waals surface area contributed by atoms with Gasteiger partial charge in [0.2, 0.25) is 0 Å². The monoisotopic (exact) mass is 521 g/mol. The second-order valence-corrected chi connectivity index (χ2v) is 14.6. The lowest BCUT2D eigenvalue weighted by molar-refractivity contribution is -0.0104. The van der Waals surface area contributed by atoms with E-state index >= 15 is 0 Å². The van der Waals surface area contributed by atoms with Gasteiger partial charge in [0.05, 0.1) is 12.2 Å². The van der Waals surface area contributed by atoms with E-state index in [1.165, 1.54) is 77.0 Å². The lowest BCUT2D eigenvalue weighted by Crippen LogP contribution is -2.52. The Morgan fingerprint density at radius 1 is 0.718 bits per heavy atom. The summed E-state index contributed by atoms with van der Waals surface area (Å²) in [5, 5.41) is 4.29. The molecule has 206 valence electrons. The molecule has 0 aromatic heterocycles. The average Bonchev–Trinajstić information content (AvgIpc) is 3.62. The third kappa shape index (κ3) is 3.34. The summed E-state index contributed by atoms with van der Waals surface area (Å²) < 4.78 is 6.85. The Bertz CT molecular complexity index is 1190. The molecule has 13 atom stereocenters. The van der Waals surface area contributed by atoms with Gasteiger partial charge in [-0.3, -0.25) is 0 Å². The standard InChI is InChI=1S/C37H47NO/c1-5-15-30-24(10-1)25-11-2-6-16-31(25)37(30)32-17-7-3-12-26(32)27-21-20-23(22-33(27)37)38-34-18-9-14-29-28-13-4-8-19-35(28)39-36(29)34/h1-4,10-13,20-21,23-24,26-30,32-36,38H,5-9,14-19,22H2. The van der Waals surface area contributed by atoms with Crippen LogP contribution in [0.4, 0.5) is 0 Å². The van der Waals surface area contributed by atoms with Crippen molar-refractivity contribution >= 4 is 0 Å². The SMILES string of the molecule is C1=CC2=C(CC1)C1(C3CCC=CC23)C2CCC=CC2C2C=CC(NC3CCCC4C5C=CCCC5OC34)CC21. The molecule has 9 aliphatic rings. The molecule has 1 heterocycles. The Morgan fingerprint density at radius 2 is 1.54 bits per heavy atom. The highest BCUT2D eigenvalue weighted by molar-refractivity contribution is 5.49. The maximum absolute atomic E-state index is 6.85. The first kappa shape index (κ1) is 24.0. The van der Waals surface area contributed by atoms with Gasteiger partial charge in [-0.2, -0.15) is 0 Å². The molecule has 1 aliphatic heterocycles. The Morgan fingerprint density at radius 3 is 2.49 bits per heavy atom. The molecular formula is C37H47NO. The minimum atomic E-state index is 0.416. The highest BCUT2D eigenvalue weighted by atomic mass is 16.5. The van der Waals surface area contributed by atoms with Gasteiger partial charge < -0.3 is 10.1 Å². The van der Waals surface area contributed by atoms with Crippen LogP contribution >= 0.6 is 0 Å². The van der Waals surface area contributed by atoms with E-state index in [1.807, 2.05) is 5.57 Å². The summed E-state index contributed by atoms with van der Waals surface area (Å²) in [4.78, 5) is 0. The molecule has 0 amide bonds. The molecule has 0 aromatic rings. The molecule has 9 rings (SSSR count). The first-order valence-corrected chi connectivity index (χ1v) is 16.8. The van der Waals surface area contributed by atoms with E-state index in [9.17, 15) is 0 Å². The van der Waals surface area contributed by atoms with Crippen molar-refractivity contribution in [3.63, 3.8) is 0 Å². The van der Waals surface area contributed by atoms with Crippen LogP contribution < -0.4 is 5.32 Å². The van der Waals surface area contributed by atoms with Crippen molar-refractivity contribution in [1.29, 1.82) is 0 Å². The summed E-state index contributed by atoms with van der Waals surface area (Å²) in [5.41, 5.74) is 4.09. The molecule has 2 heteroatoms.